The summed E-state index contributed by atoms with van der Waals surface area (Å²) in [5.74, 6) is 0.761. The maximum atomic E-state index is 8.80. The van der Waals surface area contributed by atoms with Crippen molar-refractivity contribution in [1.82, 2.24) is 4.98 Å². The maximum absolute atomic E-state index is 8.80. The predicted molar refractivity (Wildman–Crippen MR) is 61.7 cm³/mol. The maximum Gasteiger partial charge on any atom is 0.129 e. The Morgan fingerprint density at radius 3 is 2.73 bits per heavy atom. The molecule has 0 N–H and O–H groups in total. The van der Waals surface area contributed by atoms with Gasteiger partial charge in [0.1, 0.15) is 5.15 Å². The third kappa shape index (κ3) is 3.21. The molecular weight excluding hydrogens is 208 g/mol. The Morgan fingerprint density at radius 1 is 1.53 bits per heavy atom. The molecule has 0 amide bonds. The van der Waals surface area contributed by atoms with Gasteiger partial charge in [0.2, 0.25) is 0 Å². The van der Waals surface area contributed by atoms with Gasteiger partial charge in [-0.3, -0.25) is 0 Å². The zero-order valence-electron chi connectivity index (χ0n) is 9.07. The number of nitriles is 1. The number of hydrogen-bond donors (Lipinski definition) is 0. The first-order valence-corrected chi connectivity index (χ1v) is 5.55. The van der Waals surface area contributed by atoms with E-state index in [2.05, 4.69) is 24.9 Å². The third-order valence-electron chi connectivity index (χ3n) is 2.82. The van der Waals surface area contributed by atoms with Crippen LogP contribution in [0.15, 0.2) is 18.3 Å². The monoisotopic (exact) mass is 222 g/mol. The van der Waals surface area contributed by atoms with E-state index in [-0.39, 0.29) is 5.92 Å². The van der Waals surface area contributed by atoms with E-state index in [1.54, 1.807) is 12.3 Å². The SMILES string of the molecule is CCC(C)C(CC#N)c1ccc(Cl)nc1. The highest BCUT2D eigenvalue weighted by Crippen LogP contribution is 2.29. The Bertz CT molecular complexity index is 340. The molecule has 0 saturated heterocycles. The summed E-state index contributed by atoms with van der Waals surface area (Å²) in [6.07, 6.45) is 3.38. The summed E-state index contributed by atoms with van der Waals surface area (Å²) < 4.78 is 0. The summed E-state index contributed by atoms with van der Waals surface area (Å²) in [4.78, 5) is 4.05. The standard InChI is InChI=1S/C12H15ClN2/c1-3-9(2)11(6-7-14)10-4-5-12(13)15-8-10/h4-5,8-9,11H,3,6H2,1-2H3. The van der Waals surface area contributed by atoms with E-state index < -0.39 is 0 Å². The fraction of sp³-hybridized carbons (Fsp3) is 0.500. The molecule has 0 fully saturated rings. The van der Waals surface area contributed by atoms with Crippen molar-refractivity contribution in [2.24, 2.45) is 5.92 Å². The van der Waals surface area contributed by atoms with Crippen LogP contribution < -0.4 is 0 Å². The Balaban J connectivity index is 2.89. The topological polar surface area (TPSA) is 36.7 Å². The molecule has 0 spiro atoms. The van der Waals surface area contributed by atoms with Crippen molar-refractivity contribution in [1.29, 1.82) is 5.26 Å². The minimum Gasteiger partial charge on any atom is -0.244 e. The Morgan fingerprint density at radius 2 is 2.27 bits per heavy atom. The minimum absolute atomic E-state index is 0.268. The molecular formula is C12H15ClN2. The molecule has 1 aromatic heterocycles. The van der Waals surface area contributed by atoms with Crippen molar-refractivity contribution >= 4 is 11.6 Å². The van der Waals surface area contributed by atoms with Gasteiger partial charge in [0.05, 0.1) is 6.07 Å². The van der Waals surface area contributed by atoms with Crippen LogP contribution >= 0.6 is 11.6 Å². The van der Waals surface area contributed by atoms with Crippen LogP contribution in [0.3, 0.4) is 0 Å². The number of pyridine rings is 1. The van der Waals surface area contributed by atoms with Gasteiger partial charge in [0.15, 0.2) is 0 Å². The van der Waals surface area contributed by atoms with Crippen LogP contribution in [0.4, 0.5) is 0 Å². The Hall–Kier alpha value is -1.07. The average molecular weight is 223 g/mol. The van der Waals surface area contributed by atoms with Crippen LogP contribution in [-0.4, -0.2) is 4.98 Å². The quantitative estimate of drug-likeness (QED) is 0.727. The molecule has 15 heavy (non-hydrogen) atoms. The highest BCUT2D eigenvalue weighted by molar-refractivity contribution is 6.29. The largest absolute Gasteiger partial charge is 0.244 e. The molecule has 3 heteroatoms. The van der Waals surface area contributed by atoms with Gasteiger partial charge in [-0.2, -0.15) is 5.26 Å². The first-order chi connectivity index (χ1) is 7.19. The second-order valence-electron chi connectivity index (χ2n) is 3.77. The lowest BCUT2D eigenvalue weighted by Crippen LogP contribution is -2.08. The molecule has 1 aromatic rings. The van der Waals surface area contributed by atoms with E-state index in [0.717, 1.165) is 12.0 Å². The summed E-state index contributed by atoms with van der Waals surface area (Å²) in [6, 6.07) is 5.98. The van der Waals surface area contributed by atoms with Crippen molar-refractivity contribution in [2.45, 2.75) is 32.6 Å². The van der Waals surface area contributed by atoms with Crippen molar-refractivity contribution in [2.75, 3.05) is 0 Å². The zero-order chi connectivity index (χ0) is 11.3. The summed E-state index contributed by atoms with van der Waals surface area (Å²) in [5.41, 5.74) is 1.11. The smallest absolute Gasteiger partial charge is 0.129 e. The van der Waals surface area contributed by atoms with Crippen molar-refractivity contribution in [3.8, 4) is 6.07 Å². The first-order valence-electron chi connectivity index (χ1n) is 5.17. The normalized spacial score (nSPS) is 14.3. The van der Waals surface area contributed by atoms with Gasteiger partial charge in [-0.05, 0) is 17.5 Å². The molecule has 0 aromatic carbocycles. The van der Waals surface area contributed by atoms with E-state index in [1.807, 2.05) is 6.07 Å². The van der Waals surface area contributed by atoms with Crippen LogP contribution in [0.1, 0.15) is 38.2 Å². The van der Waals surface area contributed by atoms with Crippen molar-refractivity contribution in [3.63, 3.8) is 0 Å². The fourth-order valence-corrected chi connectivity index (χ4v) is 1.75. The van der Waals surface area contributed by atoms with E-state index in [9.17, 15) is 0 Å². The van der Waals surface area contributed by atoms with E-state index >= 15 is 0 Å². The van der Waals surface area contributed by atoms with Crippen LogP contribution in [0, 0.1) is 17.2 Å². The van der Waals surface area contributed by atoms with Gasteiger partial charge in [-0.25, -0.2) is 4.98 Å². The highest BCUT2D eigenvalue weighted by Gasteiger charge is 2.17. The predicted octanol–water partition coefficient (Wildman–Crippen LogP) is 3.78. The highest BCUT2D eigenvalue weighted by atomic mass is 35.5. The minimum atomic E-state index is 0.268. The lowest BCUT2D eigenvalue weighted by Gasteiger charge is -2.20. The molecule has 0 saturated carbocycles. The Kier molecular flexibility index (Phi) is 4.58. The molecule has 0 aliphatic rings. The van der Waals surface area contributed by atoms with Gasteiger partial charge in [0.25, 0.3) is 0 Å². The van der Waals surface area contributed by atoms with Crippen molar-refractivity contribution < 1.29 is 0 Å². The summed E-state index contributed by atoms with van der Waals surface area (Å²) in [5, 5.41) is 9.30. The number of aromatic nitrogens is 1. The van der Waals surface area contributed by atoms with Gasteiger partial charge in [-0.1, -0.05) is 37.9 Å². The van der Waals surface area contributed by atoms with Gasteiger partial charge in [-0.15, -0.1) is 0 Å². The van der Waals surface area contributed by atoms with Crippen LogP contribution in [-0.2, 0) is 0 Å². The average Bonchev–Trinajstić information content (AvgIpc) is 2.26. The molecule has 80 valence electrons. The summed E-state index contributed by atoms with van der Waals surface area (Å²) >= 11 is 5.73. The molecule has 2 unspecified atom stereocenters. The first kappa shape index (κ1) is 12.0. The number of rotatable bonds is 4. The summed E-state index contributed by atoms with van der Waals surface area (Å²) in [6.45, 7) is 4.30. The van der Waals surface area contributed by atoms with E-state index in [4.69, 9.17) is 16.9 Å². The van der Waals surface area contributed by atoms with Gasteiger partial charge < -0.3 is 0 Å². The molecule has 1 heterocycles. The fourth-order valence-electron chi connectivity index (χ4n) is 1.64. The third-order valence-corrected chi connectivity index (χ3v) is 3.04. The summed E-state index contributed by atoms with van der Waals surface area (Å²) in [7, 11) is 0. The van der Waals surface area contributed by atoms with Gasteiger partial charge in [0, 0.05) is 18.5 Å². The lowest BCUT2D eigenvalue weighted by molar-refractivity contribution is 0.450. The van der Waals surface area contributed by atoms with Gasteiger partial charge >= 0.3 is 0 Å². The number of halogens is 1. The molecule has 1 rings (SSSR count). The molecule has 0 radical (unpaired) electrons. The van der Waals surface area contributed by atoms with Crippen molar-refractivity contribution in [3.05, 3.63) is 29.0 Å². The second kappa shape index (κ2) is 5.72. The number of nitrogens with zero attached hydrogens (tertiary/aromatic N) is 2. The molecule has 0 bridgehead atoms. The zero-order valence-corrected chi connectivity index (χ0v) is 9.83. The number of hydrogen-bond acceptors (Lipinski definition) is 2. The van der Waals surface area contributed by atoms with E-state index in [0.29, 0.717) is 17.5 Å². The van der Waals surface area contributed by atoms with Crippen LogP contribution in [0.2, 0.25) is 5.15 Å². The molecule has 0 aliphatic carbocycles. The lowest BCUT2D eigenvalue weighted by atomic mass is 9.84. The van der Waals surface area contributed by atoms with Crippen LogP contribution in [0.25, 0.3) is 0 Å². The van der Waals surface area contributed by atoms with Crippen LogP contribution in [0.5, 0.6) is 0 Å². The molecule has 2 atom stereocenters. The molecule has 2 nitrogen and oxygen atoms in total. The molecule has 0 aliphatic heterocycles. The second-order valence-corrected chi connectivity index (χ2v) is 4.16. The van der Waals surface area contributed by atoms with E-state index in [1.165, 1.54) is 0 Å². The Labute approximate surface area is 95.9 Å².